The third-order valence-corrected chi connectivity index (χ3v) is 2.76. The molecule has 2 aromatic rings. The van der Waals surface area contributed by atoms with Crippen molar-refractivity contribution in [1.82, 2.24) is 24.9 Å². The van der Waals surface area contributed by atoms with Crippen LogP contribution >= 0.6 is 0 Å². The van der Waals surface area contributed by atoms with Gasteiger partial charge < -0.3 is 5.32 Å². The van der Waals surface area contributed by atoms with Crippen LogP contribution in [0.2, 0.25) is 0 Å². The molecule has 0 aliphatic rings. The monoisotopic (exact) mass is 233 g/mol. The molecule has 0 spiro atoms. The second-order valence-corrected chi connectivity index (χ2v) is 4.09. The molecule has 0 fully saturated rings. The topological polar surface area (TPSA) is 47.7 Å². The maximum absolute atomic E-state index is 4.24. The molecule has 17 heavy (non-hydrogen) atoms. The number of rotatable bonds is 6. The van der Waals surface area contributed by atoms with Crippen molar-refractivity contribution in [2.45, 2.75) is 26.4 Å². The van der Waals surface area contributed by atoms with Crippen LogP contribution in [0.15, 0.2) is 24.7 Å². The van der Waals surface area contributed by atoms with Gasteiger partial charge >= 0.3 is 0 Å². The molecule has 0 bridgehead atoms. The first-order chi connectivity index (χ1) is 8.29. The number of aryl methyl sites for hydroxylation is 2. The zero-order valence-electron chi connectivity index (χ0n) is 10.4. The largest absolute Gasteiger partial charge is 0.311 e. The van der Waals surface area contributed by atoms with E-state index in [1.807, 2.05) is 28.8 Å². The van der Waals surface area contributed by atoms with Gasteiger partial charge in [0.25, 0.3) is 0 Å². The first-order valence-electron chi connectivity index (χ1n) is 5.98. The molecule has 0 aliphatic heterocycles. The minimum absolute atomic E-state index is 0.869. The summed E-state index contributed by atoms with van der Waals surface area (Å²) in [4.78, 5) is 0. The van der Waals surface area contributed by atoms with Crippen LogP contribution in [0.25, 0.3) is 0 Å². The number of nitrogens with zero attached hydrogens (tertiary/aromatic N) is 4. The Morgan fingerprint density at radius 2 is 2.24 bits per heavy atom. The highest BCUT2D eigenvalue weighted by molar-refractivity contribution is 5.04. The fraction of sp³-hybridized carbons (Fsp3) is 0.500. The summed E-state index contributed by atoms with van der Waals surface area (Å²) in [6.45, 7) is 4.85. The molecule has 0 saturated heterocycles. The maximum atomic E-state index is 4.24. The molecule has 92 valence electrons. The lowest BCUT2D eigenvalue weighted by atomic mass is 10.2. The Labute approximate surface area is 101 Å². The highest BCUT2D eigenvalue weighted by Gasteiger charge is 2.00. The SMILES string of the molecule is CCn1nccc1CNCCc1cnn(C)c1. The first kappa shape index (κ1) is 11.9. The summed E-state index contributed by atoms with van der Waals surface area (Å²) in [5.41, 5.74) is 2.50. The lowest BCUT2D eigenvalue weighted by Gasteiger charge is -2.05. The Kier molecular flexibility index (Phi) is 3.93. The van der Waals surface area contributed by atoms with Crippen LogP contribution in [0, 0.1) is 0 Å². The van der Waals surface area contributed by atoms with Gasteiger partial charge in [0, 0.05) is 32.5 Å². The number of hydrogen-bond donors (Lipinski definition) is 1. The Hall–Kier alpha value is -1.62. The van der Waals surface area contributed by atoms with Crippen molar-refractivity contribution in [2.24, 2.45) is 7.05 Å². The predicted molar refractivity (Wildman–Crippen MR) is 66.5 cm³/mol. The maximum Gasteiger partial charge on any atom is 0.0522 e. The number of aromatic nitrogens is 4. The molecular formula is C12H19N5. The second kappa shape index (κ2) is 5.63. The van der Waals surface area contributed by atoms with Gasteiger partial charge in [-0.2, -0.15) is 10.2 Å². The van der Waals surface area contributed by atoms with Gasteiger partial charge in [0.05, 0.1) is 11.9 Å². The summed E-state index contributed by atoms with van der Waals surface area (Å²) >= 11 is 0. The molecule has 1 N–H and O–H groups in total. The van der Waals surface area contributed by atoms with E-state index in [0.29, 0.717) is 0 Å². The van der Waals surface area contributed by atoms with Gasteiger partial charge in [0.2, 0.25) is 0 Å². The number of hydrogen-bond acceptors (Lipinski definition) is 3. The van der Waals surface area contributed by atoms with Crippen molar-refractivity contribution in [3.63, 3.8) is 0 Å². The van der Waals surface area contributed by atoms with Gasteiger partial charge in [0.15, 0.2) is 0 Å². The molecule has 2 aromatic heterocycles. The standard InChI is InChI=1S/C12H19N5/c1-3-17-12(5-7-14-17)9-13-6-4-11-8-15-16(2)10-11/h5,7-8,10,13H,3-4,6,9H2,1-2H3. The van der Waals surface area contributed by atoms with E-state index in [2.05, 4.69) is 34.7 Å². The third kappa shape index (κ3) is 3.17. The average Bonchev–Trinajstić information content (AvgIpc) is 2.93. The van der Waals surface area contributed by atoms with Crippen LogP contribution in [-0.4, -0.2) is 26.1 Å². The Morgan fingerprint density at radius 1 is 1.35 bits per heavy atom. The van der Waals surface area contributed by atoms with Crippen LogP contribution < -0.4 is 5.32 Å². The average molecular weight is 233 g/mol. The Bertz CT molecular complexity index is 457. The van der Waals surface area contributed by atoms with E-state index < -0.39 is 0 Å². The smallest absolute Gasteiger partial charge is 0.0522 e. The third-order valence-electron chi connectivity index (χ3n) is 2.76. The minimum Gasteiger partial charge on any atom is -0.311 e. The van der Waals surface area contributed by atoms with Gasteiger partial charge in [-0.15, -0.1) is 0 Å². The zero-order valence-corrected chi connectivity index (χ0v) is 10.4. The van der Waals surface area contributed by atoms with E-state index in [1.165, 1.54) is 11.3 Å². The molecule has 0 saturated carbocycles. The molecule has 0 aliphatic carbocycles. The molecule has 5 heteroatoms. The van der Waals surface area contributed by atoms with E-state index in [-0.39, 0.29) is 0 Å². The normalized spacial score (nSPS) is 10.9. The first-order valence-corrected chi connectivity index (χ1v) is 5.98. The summed E-state index contributed by atoms with van der Waals surface area (Å²) < 4.78 is 3.85. The van der Waals surface area contributed by atoms with Crippen molar-refractivity contribution in [2.75, 3.05) is 6.54 Å². The van der Waals surface area contributed by atoms with Crippen molar-refractivity contribution in [3.8, 4) is 0 Å². The summed E-state index contributed by atoms with van der Waals surface area (Å²) in [7, 11) is 1.94. The molecule has 0 aromatic carbocycles. The van der Waals surface area contributed by atoms with E-state index in [0.717, 1.165) is 26.1 Å². The summed E-state index contributed by atoms with van der Waals surface area (Å²) in [6.07, 6.45) is 6.83. The van der Waals surface area contributed by atoms with E-state index in [4.69, 9.17) is 0 Å². The van der Waals surface area contributed by atoms with Crippen LogP contribution in [0.5, 0.6) is 0 Å². The molecule has 0 amide bonds. The molecule has 2 rings (SSSR count). The summed E-state index contributed by atoms with van der Waals surface area (Å²) in [5, 5.41) is 11.8. The molecule has 2 heterocycles. The summed E-state index contributed by atoms with van der Waals surface area (Å²) in [6, 6.07) is 2.06. The Morgan fingerprint density at radius 3 is 2.94 bits per heavy atom. The molecule has 0 radical (unpaired) electrons. The molecule has 5 nitrogen and oxygen atoms in total. The zero-order chi connectivity index (χ0) is 12.1. The molecule has 0 unspecified atom stereocenters. The quantitative estimate of drug-likeness (QED) is 0.756. The van der Waals surface area contributed by atoms with Gasteiger partial charge in [-0.1, -0.05) is 0 Å². The van der Waals surface area contributed by atoms with Gasteiger partial charge in [-0.05, 0) is 31.5 Å². The van der Waals surface area contributed by atoms with E-state index >= 15 is 0 Å². The highest BCUT2D eigenvalue weighted by Crippen LogP contribution is 1.99. The van der Waals surface area contributed by atoms with Crippen LogP contribution in [0.1, 0.15) is 18.2 Å². The van der Waals surface area contributed by atoms with Gasteiger partial charge in [-0.25, -0.2) is 0 Å². The van der Waals surface area contributed by atoms with Crippen molar-refractivity contribution < 1.29 is 0 Å². The lowest BCUT2D eigenvalue weighted by Crippen LogP contribution is -2.19. The predicted octanol–water partition coefficient (Wildman–Crippen LogP) is 0.969. The summed E-state index contributed by atoms with van der Waals surface area (Å²) in [5.74, 6) is 0. The van der Waals surface area contributed by atoms with Crippen LogP contribution in [0.3, 0.4) is 0 Å². The van der Waals surface area contributed by atoms with E-state index in [1.54, 1.807) is 0 Å². The van der Waals surface area contributed by atoms with Crippen molar-refractivity contribution in [3.05, 3.63) is 35.9 Å². The minimum atomic E-state index is 0.869. The fourth-order valence-electron chi connectivity index (χ4n) is 1.85. The van der Waals surface area contributed by atoms with Gasteiger partial charge in [-0.3, -0.25) is 9.36 Å². The lowest BCUT2D eigenvalue weighted by molar-refractivity contribution is 0.582. The van der Waals surface area contributed by atoms with Crippen molar-refractivity contribution in [1.29, 1.82) is 0 Å². The molecule has 0 atom stereocenters. The van der Waals surface area contributed by atoms with E-state index in [9.17, 15) is 0 Å². The number of nitrogens with one attached hydrogen (secondary N) is 1. The second-order valence-electron chi connectivity index (χ2n) is 4.09. The van der Waals surface area contributed by atoms with Crippen LogP contribution in [0.4, 0.5) is 0 Å². The Balaban J connectivity index is 1.73. The fourth-order valence-corrected chi connectivity index (χ4v) is 1.85. The van der Waals surface area contributed by atoms with Gasteiger partial charge in [0.1, 0.15) is 0 Å². The molecular weight excluding hydrogens is 214 g/mol. The van der Waals surface area contributed by atoms with Crippen molar-refractivity contribution >= 4 is 0 Å². The van der Waals surface area contributed by atoms with Crippen LogP contribution in [-0.2, 0) is 26.6 Å². The highest BCUT2D eigenvalue weighted by atomic mass is 15.3.